The van der Waals surface area contributed by atoms with Crippen molar-refractivity contribution in [3.05, 3.63) is 83.7 Å². The molecule has 0 saturated carbocycles. The average molecular weight is 287 g/mol. The molecule has 104 valence electrons. The first kappa shape index (κ1) is 13.6. The molecule has 0 bridgehead atoms. The molecule has 1 aromatic carbocycles. The molecule has 3 rings (SSSR count). The summed E-state index contributed by atoms with van der Waals surface area (Å²) >= 11 is 0. The summed E-state index contributed by atoms with van der Waals surface area (Å²) < 4.78 is 15.2. The molecular formula is C18H10FN3. The van der Waals surface area contributed by atoms with Crippen molar-refractivity contribution in [3.63, 3.8) is 0 Å². The predicted molar refractivity (Wildman–Crippen MR) is 80.7 cm³/mol. The van der Waals surface area contributed by atoms with Gasteiger partial charge in [-0.2, -0.15) is 5.26 Å². The van der Waals surface area contributed by atoms with E-state index in [1.54, 1.807) is 29.2 Å². The fourth-order valence-electron chi connectivity index (χ4n) is 1.99. The molecule has 0 aliphatic rings. The average Bonchev–Trinajstić information content (AvgIpc) is 3.02. The number of hydrogen-bond acceptors (Lipinski definition) is 2. The molecule has 3 aromatic rings. The van der Waals surface area contributed by atoms with Crippen LogP contribution in [0.3, 0.4) is 0 Å². The molecule has 0 spiro atoms. The number of halogens is 1. The highest BCUT2D eigenvalue weighted by Gasteiger charge is 2.03. The fraction of sp³-hybridized carbons (Fsp3) is 0. The van der Waals surface area contributed by atoms with E-state index in [4.69, 9.17) is 5.26 Å². The van der Waals surface area contributed by atoms with Crippen molar-refractivity contribution in [2.75, 3.05) is 0 Å². The highest BCUT2D eigenvalue weighted by Crippen LogP contribution is 2.14. The van der Waals surface area contributed by atoms with Gasteiger partial charge in [0.2, 0.25) is 0 Å². The number of benzene rings is 1. The number of nitrogens with zero attached hydrogens (tertiary/aromatic N) is 3. The molecule has 3 nitrogen and oxygen atoms in total. The lowest BCUT2D eigenvalue weighted by Gasteiger charge is -2.03. The molecule has 0 amide bonds. The second-order valence-corrected chi connectivity index (χ2v) is 4.58. The standard InChI is InChI=1S/C18H10FN3/c19-16-9-15(12-20)10-18(11-16)22-8-6-14(13-22)4-5-17-3-1-2-7-21-17/h1-3,6-11,13H. The zero-order chi connectivity index (χ0) is 15.4. The minimum atomic E-state index is -0.441. The third-order valence-corrected chi connectivity index (χ3v) is 3.00. The fourth-order valence-corrected chi connectivity index (χ4v) is 1.99. The van der Waals surface area contributed by atoms with Gasteiger partial charge in [0.1, 0.15) is 11.5 Å². The summed E-state index contributed by atoms with van der Waals surface area (Å²) in [6.45, 7) is 0. The summed E-state index contributed by atoms with van der Waals surface area (Å²) in [7, 11) is 0. The van der Waals surface area contributed by atoms with Crippen LogP contribution in [0.25, 0.3) is 5.69 Å². The van der Waals surface area contributed by atoms with Crippen LogP contribution in [0.2, 0.25) is 0 Å². The Kier molecular flexibility index (Phi) is 3.68. The minimum Gasteiger partial charge on any atom is -0.322 e. The lowest BCUT2D eigenvalue weighted by atomic mass is 10.2. The van der Waals surface area contributed by atoms with E-state index in [2.05, 4.69) is 16.8 Å². The second-order valence-electron chi connectivity index (χ2n) is 4.58. The predicted octanol–water partition coefficient (Wildman–Crippen LogP) is 3.28. The quantitative estimate of drug-likeness (QED) is 0.644. The van der Waals surface area contributed by atoms with Crippen molar-refractivity contribution in [1.29, 1.82) is 5.26 Å². The zero-order valence-electron chi connectivity index (χ0n) is 11.5. The van der Waals surface area contributed by atoms with Crippen LogP contribution in [0.15, 0.2) is 61.1 Å². The third kappa shape index (κ3) is 3.03. The van der Waals surface area contributed by atoms with Gasteiger partial charge in [-0.25, -0.2) is 9.37 Å². The van der Waals surface area contributed by atoms with Gasteiger partial charge in [-0.1, -0.05) is 12.0 Å². The van der Waals surface area contributed by atoms with Crippen LogP contribution >= 0.6 is 0 Å². The first-order valence-corrected chi connectivity index (χ1v) is 6.57. The molecule has 0 unspecified atom stereocenters. The SMILES string of the molecule is N#Cc1cc(F)cc(-n2ccc(C#Cc3ccccn3)c2)c1. The molecule has 0 radical (unpaired) electrons. The highest BCUT2D eigenvalue weighted by molar-refractivity contribution is 5.45. The van der Waals surface area contributed by atoms with Crippen LogP contribution in [0.1, 0.15) is 16.8 Å². The van der Waals surface area contributed by atoms with Crippen LogP contribution in [-0.4, -0.2) is 9.55 Å². The largest absolute Gasteiger partial charge is 0.322 e. The molecule has 0 fully saturated rings. The van der Waals surface area contributed by atoms with Crippen molar-refractivity contribution >= 4 is 0 Å². The van der Waals surface area contributed by atoms with Crippen molar-refractivity contribution in [2.45, 2.75) is 0 Å². The normalized spacial score (nSPS) is 9.64. The zero-order valence-corrected chi connectivity index (χ0v) is 11.5. The van der Waals surface area contributed by atoms with Gasteiger partial charge in [0, 0.05) is 29.8 Å². The number of hydrogen-bond donors (Lipinski definition) is 0. The smallest absolute Gasteiger partial charge is 0.126 e. The van der Waals surface area contributed by atoms with E-state index in [-0.39, 0.29) is 5.56 Å². The Hall–Kier alpha value is -3.37. The highest BCUT2D eigenvalue weighted by atomic mass is 19.1. The number of pyridine rings is 1. The Morgan fingerprint density at radius 2 is 1.95 bits per heavy atom. The van der Waals surface area contributed by atoms with Crippen molar-refractivity contribution in [1.82, 2.24) is 9.55 Å². The van der Waals surface area contributed by atoms with Crippen LogP contribution in [0.5, 0.6) is 0 Å². The number of rotatable bonds is 1. The van der Waals surface area contributed by atoms with Crippen LogP contribution < -0.4 is 0 Å². The molecule has 2 heterocycles. The van der Waals surface area contributed by atoms with E-state index < -0.39 is 5.82 Å². The van der Waals surface area contributed by atoms with Crippen LogP contribution in [-0.2, 0) is 0 Å². The van der Waals surface area contributed by atoms with Crippen molar-refractivity contribution < 1.29 is 4.39 Å². The maximum Gasteiger partial charge on any atom is 0.126 e. The van der Waals surface area contributed by atoms with E-state index in [0.717, 1.165) is 5.56 Å². The van der Waals surface area contributed by atoms with Gasteiger partial charge in [-0.05, 0) is 42.3 Å². The van der Waals surface area contributed by atoms with Crippen LogP contribution in [0, 0.1) is 29.0 Å². The van der Waals surface area contributed by atoms with Gasteiger partial charge in [-0.3, -0.25) is 0 Å². The Morgan fingerprint density at radius 1 is 1.05 bits per heavy atom. The van der Waals surface area contributed by atoms with E-state index in [0.29, 0.717) is 11.4 Å². The Morgan fingerprint density at radius 3 is 2.73 bits per heavy atom. The van der Waals surface area contributed by atoms with Gasteiger partial charge >= 0.3 is 0 Å². The van der Waals surface area contributed by atoms with Gasteiger partial charge in [-0.15, -0.1) is 0 Å². The first-order valence-electron chi connectivity index (χ1n) is 6.57. The van der Waals surface area contributed by atoms with Gasteiger partial charge in [0.25, 0.3) is 0 Å². The number of aromatic nitrogens is 2. The van der Waals surface area contributed by atoms with E-state index in [1.807, 2.05) is 30.3 Å². The second kappa shape index (κ2) is 5.95. The number of nitriles is 1. The molecule has 22 heavy (non-hydrogen) atoms. The molecule has 0 N–H and O–H groups in total. The first-order chi connectivity index (χ1) is 10.7. The molecule has 0 saturated heterocycles. The van der Waals surface area contributed by atoms with Gasteiger partial charge in [0.15, 0.2) is 0 Å². The van der Waals surface area contributed by atoms with Crippen molar-refractivity contribution in [3.8, 4) is 23.6 Å². The Labute approximate surface area is 127 Å². The van der Waals surface area contributed by atoms with E-state index >= 15 is 0 Å². The lowest BCUT2D eigenvalue weighted by molar-refractivity contribution is 0.626. The lowest BCUT2D eigenvalue weighted by Crippen LogP contribution is -1.92. The maximum atomic E-state index is 13.5. The summed E-state index contributed by atoms with van der Waals surface area (Å²) in [5.74, 6) is 5.52. The Balaban J connectivity index is 1.90. The van der Waals surface area contributed by atoms with Gasteiger partial charge < -0.3 is 4.57 Å². The van der Waals surface area contributed by atoms with E-state index in [1.165, 1.54) is 12.1 Å². The molecular weight excluding hydrogens is 277 g/mol. The van der Waals surface area contributed by atoms with Gasteiger partial charge in [0.05, 0.1) is 11.6 Å². The Bertz CT molecular complexity index is 909. The summed E-state index contributed by atoms with van der Waals surface area (Å²) in [5.41, 5.74) is 2.34. The van der Waals surface area contributed by atoms with Crippen molar-refractivity contribution in [2.24, 2.45) is 0 Å². The summed E-state index contributed by atoms with van der Waals surface area (Å²) in [4.78, 5) is 4.13. The third-order valence-electron chi connectivity index (χ3n) is 3.00. The van der Waals surface area contributed by atoms with E-state index in [9.17, 15) is 4.39 Å². The molecule has 0 aliphatic carbocycles. The topological polar surface area (TPSA) is 41.6 Å². The minimum absolute atomic E-state index is 0.282. The molecule has 0 aliphatic heterocycles. The summed E-state index contributed by atoms with van der Waals surface area (Å²) in [5, 5.41) is 8.89. The molecule has 4 heteroatoms. The molecule has 2 aromatic heterocycles. The summed E-state index contributed by atoms with van der Waals surface area (Å²) in [6.07, 6.45) is 5.25. The summed E-state index contributed by atoms with van der Waals surface area (Å²) in [6, 6.07) is 13.5. The van der Waals surface area contributed by atoms with Crippen LogP contribution in [0.4, 0.5) is 4.39 Å². The molecule has 0 atom stereocenters. The monoisotopic (exact) mass is 287 g/mol. The maximum absolute atomic E-state index is 13.5.